The molecule has 0 saturated heterocycles. The molecule has 0 amide bonds. The van der Waals surface area contributed by atoms with Gasteiger partial charge in [0.2, 0.25) is 0 Å². The highest BCUT2D eigenvalue weighted by Gasteiger charge is 2.27. The normalized spacial score (nSPS) is 12.2. The average molecular weight is 649 g/mol. The quantitative estimate of drug-likeness (QED) is 0.0380. The molecule has 0 radical (unpaired) electrons. The smallest absolute Gasteiger partial charge is 0.316 e. The molecule has 0 aliphatic heterocycles. The summed E-state index contributed by atoms with van der Waals surface area (Å²) in [6.45, 7) is 9.52. The van der Waals surface area contributed by atoms with Crippen molar-refractivity contribution >= 4 is 11.8 Å². The maximum atomic E-state index is 13.1. The zero-order chi connectivity index (χ0) is 33.8. The Morgan fingerprint density at radius 2 is 0.739 bits per heavy atom. The van der Waals surface area contributed by atoms with Crippen LogP contribution in [0, 0.1) is 11.8 Å². The highest BCUT2D eigenvalue weighted by Crippen LogP contribution is 2.20. The van der Waals surface area contributed by atoms with Crippen LogP contribution < -0.4 is 0 Å². The lowest BCUT2D eigenvalue weighted by Crippen LogP contribution is -2.26. The number of hydrogen-bond donors (Lipinski definition) is 0. The summed E-state index contributed by atoms with van der Waals surface area (Å²) in [6.07, 6.45) is 42.7. The topological polar surface area (TPSA) is 43.4 Å². The van der Waals surface area contributed by atoms with Crippen LogP contribution in [0.1, 0.15) is 246 Å². The zero-order valence-corrected chi connectivity index (χ0v) is 32.1. The Kier molecular flexibility index (Phi) is 36.3. The van der Waals surface area contributed by atoms with Crippen molar-refractivity contribution in [3.63, 3.8) is 0 Å². The molecule has 0 N–H and O–H groups in total. The molecule has 0 aromatic carbocycles. The molecule has 274 valence electrons. The fraction of sp³-hybridized carbons (Fsp3) is 0.953. The van der Waals surface area contributed by atoms with Gasteiger partial charge in [-0.05, 0) is 25.2 Å². The second-order valence-electron chi connectivity index (χ2n) is 15.2. The van der Waals surface area contributed by atoms with E-state index < -0.39 is 5.92 Å². The van der Waals surface area contributed by atoms with Gasteiger partial charge in [0.1, 0.15) is 11.7 Å². The molecule has 0 aliphatic carbocycles. The first-order valence-electron chi connectivity index (χ1n) is 21.2. The van der Waals surface area contributed by atoms with Crippen LogP contribution in [-0.4, -0.2) is 18.4 Å². The third kappa shape index (κ3) is 33.1. The summed E-state index contributed by atoms with van der Waals surface area (Å²) in [4.78, 5) is 26.1. The fourth-order valence-electron chi connectivity index (χ4n) is 6.73. The first-order valence-corrected chi connectivity index (χ1v) is 21.2. The van der Waals surface area contributed by atoms with Gasteiger partial charge in [0.15, 0.2) is 0 Å². The Bertz CT molecular complexity index is 582. The molecule has 3 nitrogen and oxygen atoms in total. The number of unbranched alkanes of at least 4 members (excludes halogenated alkanes) is 28. The van der Waals surface area contributed by atoms with Gasteiger partial charge in [-0.15, -0.1) is 0 Å². The number of ketones is 1. The summed E-state index contributed by atoms with van der Waals surface area (Å²) >= 11 is 0. The van der Waals surface area contributed by atoms with Crippen molar-refractivity contribution in [1.82, 2.24) is 0 Å². The molecule has 1 unspecified atom stereocenters. The Morgan fingerprint density at radius 3 is 1.11 bits per heavy atom. The number of esters is 1. The highest BCUT2D eigenvalue weighted by molar-refractivity contribution is 5.98. The maximum absolute atomic E-state index is 13.1. The van der Waals surface area contributed by atoms with Crippen molar-refractivity contribution in [3.05, 3.63) is 0 Å². The Morgan fingerprint density at radius 1 is 0.413 bits per heavy atom. The Hall–Kier alpha value is -0.860. The molecule has 0 heterocycles. The molecule has 1 atom stereocenters. The van der Waals surface area contributed by atoms with E-state index in [0.29, 0.717) is 25.4 Å². The van der Waals surface area contributed by atoms with Gasteiger partial charge in [-0.3, -0.25) is 9.59 Å². The second-order valence-corrected chi connectivity index (χ2v) is 15.2. The van der Waals surface area contributed by atoms with Crippen LogP contribution in [0.25, 0.3) is 0 Å². The van der Waals surface area contributed by atoms with Crippen LogP contribution in [-0.2, 0) is 14.3 Å². The third-order valence-electron chi connectivity index (χ3n) is 9.97. The van der Waals surface area contributed by atoms with Crippen LogP contribution in [0.15, 0.2) is 0 Å². The highest BCUT2D eigenvalue weighted by atomic mass is 16.5. The number of carbonyl (C=O) groups excluding carboxylic acids is 2. The first-order chi connectivity index (χ1) is 22.5. The van der Waals surface area contributed by atoms with E-state index in [9.17, 15) is 9.59 Å². The zero-order valence-electron chi connectivity index (χ0n) is 32.1. The van der Waals surface area contributed by atoms with E-state index in [1.54, 1.807) is 0 Å². The molecular weight excluding hydrogens is 564 g/mol. The fourth-order valence-corrected chi connectivity index (χ4v) is 6.73. The van der Waals surface area contributed by atoms with E-state index in [4.69, 9.17) is 4.74 Å². The molecule has 0 fully saturated rings. The SMILES string of the molecule is CCCCCCCCCCCCCCCCCC(=O)C(CCCCC(C)C)C(=O)OCCCCCCCCCCCCCCCC. The summed E-state index contributed by atoms with van der Waals surface area (Å²) in [7, 11) is 0. The van der Waals surface area contributed by atoms with Crippen LogP contribution in [0.4, 0.5) is 0 Å². The van der Waals surface area contributed by atoms with Gasteiger partial charge < -0.3 is 4.74 Å². The van der Waals surface area contributed by atoms with E-state index >= 15 is 0 Å². The molecule has 0 aromatic rings. The summed E-state index contributed by atoms with van der Waals surface area (Å²) in [5.41, 5.74) is 0. The number of rotatable bonds is 38. The number of hydrogen-bond acceptors (Lipinski definition) is 3. The minimum absolute atomic E-state index is 0.130. The minimum Gasteiger partial charge on any atom is -0.465 e. The van der Waals surface area contributed by atoms with Crippen LogP contribution >= 0.6 is 0 Å². The maximum Gasteiger partial charge on any atom is 0.316 e. The van der Waals surface area contributed by atoms with E-state index in [-0.39, 0.29) is 11.8 Å². The molecule has 0 aliphatic rings. The predicted molar refractivity (Wildman–Crippen MR) is 203 cm³/mol. The van der Waals surface area contributed by atoms with Gasteiger partial charge in [0, 0.05) is 6.42 Å². The van der Waals surface area contributed by atoms with Crippen LogP contribution in [0.5, 0.6) is 0 Å². The molecule has 0 bridgehead atoms. The van der Waals surface area contributed by atoms with Crippen molar-refractivity contribution < 1.29 is 14.3 Å². The van der Waals surface area contributed by atoms with Crippen molar-refractivity contribution in [2.45, 2.75) is 246 Å². The largest absolute Gasteiger partial charge is 0.465 e. The van der Waals surface area contributed by atoms with Gasteiger partial charge in [-0.1, -0.05) is 220 Å². The standard InChI is InChI=1S/C43H84O3/c1-5-7-9-11-13-15-17-19-21-22-24-26-28-30-32-38-42(44)41(37-34-33-36-40(3)4)43(45)46-39-35-31-29-27-25-23-20-18-16-14-12-10-8-6-2/h40-41H,5-39H2,1-4H3. The number of Topliss-reactive ketones (excluding diaryl/α,β-unsaturated/α-hetero) is 1. The molecule has 46 heavy (non-hydrogen) atoms. The van der Waals surface area contributed by atoms with Crippen molar-refractivity contribution in [1.29, 1.82) is 0 Å². The van der Waals surface area contributed by atoms with E-state index in [0.717, 1.165) is 44.9 Å². The van der Waals surface area contributed by atoms with Crippen molar-refractivity contribution in [2.75, 3.05) is 6.61 Å². The van der Waals surface area contributed by atoms with Crippen molar-refractivity contribution in [2.24, 2.45) is 11.8 Å². The van der Waals surface area contributed by atoms with Gasteiger partial charge in [0.25, 0.3) is 0 Å². The average Bonchev–Trinajstić information content (AvgIpc) is 3.04. The summed E-state index contributed by atoms with van der Waals surface area (Å²) < 4.78 is 5.68. The number of ether oxygens (including phenoxy) is 1. The Balaban J connectivity index is 3.97. The lowest BCUT2D eigenvalue weighted by molar-refractivity contribution is -0.152. The van der Waals surface area contributed by atoms with Gasteiger partial charge in [-0.25, -0.2) is 0 Å². The Labute approximate surface area is 290 Å². The third-order valence-corrected chi connectivity index (χ3v) is 9.97. The summed E-state index contributed by atoms with van der Waals surface area (Å²) in [6, 6.07) is 0. The minimum atomic E-state index is -0.537. The summed E-state index contributed by atoms with van der Waals surface area (Å²) in [5.74, 6) is 0.0163. The van der Waals surface area contributed by atoms with E-state index in [2.05, 4.69) is 27.7 Å². The number of carbonyl (C=O) groups is 2. The molecule has 0 spiro atoms. The summed E-state index contributed by atoms with van der Waals surface area (Å²) in [5, 5.41) is 0. The molecular formula is C43H84O3. The molecule has 0 rings (SSSR count). The van der Waals surface area contributed by atoms with Crippen LogP contribution in [0.2, 0.25) is 0 Å². The monoisotopic (exact) mass is 649 g/mol. The van der Waals surface area contributed by atoms with E-state index in [1.807, 2.05) is 0 Å². The first kappa shape index (κ1) is 45.1. The van der Waals surface area contributed by atoms with Gasteiger partial charge >= 0.3 is 5.97 Å². The predicted octanol–water partition coefficient (Wildman–Crippen LogP) is 14.7. The van der Waals surface area contributed by atoms with Crippen LogP contribution in [0.3, 0.4) is 0 Å². The van der Waals surface area contributed by atoms with E-state index in [1.165, 1.54) is 161 Å². The lowest BCUT2D eigenvalue weighted by Gasteiger charge is -2.16. The van der Waals surface area contributed by atoms with Crippen molar-refractivity contribution in [3.8, 4) is 0 Å². The molecule has 0 saturated carbocycles. The molecule has 0 aromatic heterocycles. The van der Waals surface area contributed by atoms with Gasteiger partial charge in [0.05, 0.1) is 6.61 Å². The van der Waals surface area contributed by atoms with Gasteiger partial charge in [-0.2, -0.15) is 0 Å². The lowest BCUT2D eigenvalue weighted by atomic mass is 9.92. The molecule has 3 heteroatoms. The second kappa shape index (κ2) is 37.0.